The molecule has 0 radical (unpaired) electrons. The number of nitrogens with one attached hydrogen (secondary N) is 1. The van der Waals surface area contributed by atoms with Crippen molar-refractivity contribution in [1.29, 1.82) is 5.41 Å². The third kappa shape index (κ3) is 2.47. The molecule has 1 fully saturated rings. The van der Waals surface area contributed by atoms with Crippen molar-refractivity contribution in [3.8, 4) is 0 Å². The smallest absolute Gasteiger partial charge is 0.147 e. The zero-order chi connectivity index (χ0) is 13.1. The van der Waals surface area contributed by atoms with Crippen molar-refractivity contribution < 1.29 is 4.39 Å². The molecule has 18 heavy (non-hydrogen) atoms. The maximum atomic E-state index is 14.1. The number of amidine groups is 1. The molecule has 1 saturated carbocycles. The fraction of sp³-hybridized carbons (Fsp3) is 0.500. The van der Waals surface area contributed by atoms with E-state index in [2.05, 4.69) is 11.8 Å². The molecule has 0 atom stereocenters. The Bertz CT molecular complexity index is 439. The normalized spacial score (nSPS) is 15.9. The van der Waals surface area contributed by atoms with Crippen LogP contribution in [0.3, 0.4) is 0 Å². The highest BCUT2D eigenvalue weighted by molar-refractivity contribution is 5.95. The highest BCUT2D eigenvalue weighted by atomic mass is 19.1. The van der Waals surface area contributed by atoms with Gasteiger partial charge in [-0.3, -0.25) is 5.41 Å². The summed E-state index contributed by atoms with van der Waals surface area (Å²) in [6.45, 7) is 2.86. The first-order valence-corrected chi connectivity index (χ1v) is 6.54. The predicted molar refractivity (Wildman–Crippen MR) is 72.7 cm³/mol. The first kappa shape index (κ1) is 12.9. The minimum Gasteiger partial charge on any atom is -0.384 e. The fourth-order valence-electron chi connectivity index (χ4n) is 2.75. The number of rotatable bonds is 4. The van der Waals surface area contributed by atoms with E-state index in [1.807, 2.05) is 0 Å². The largest absolute Gasteiger partial charge is 0.384 e. The molecule has 0 saturated heterocycles. The molecule has 0 spiro atoms. The standard InChI is InChI=1S/C14H20FN3/c1-2-18(11-5-3-4-6-11)13-8-7-10(14(16)17)9-12(13)15/h7-9,11H,2-6H2,1H3,(H3,16,17). The molecule has 0 aliphatic heterocycles. The monoisotopic (exact) mass is 249 g/mol. The Balaban J connectivity index is 2.27. The third-order valence-electron chi connectivity index (χ3n) is 3.67. The van der Waals surface area contributed by atoms with Crippen molar-refractivity contribution in [1.82, 2.24) is 0 Å². The van der Waals surface area contributed by atoms with E-state index in [1.54, 1.807) is 12.1 Å². The van der Waals surface area contributed by atoms with Crippen molar-refractivity contribution in [2.75, 3.05) is 11.4 Å². The molecule has 1 aromatic rings. The maximum Gasteiger partial charge on any atom is 0.147 e. The maximum absolute atomic E-state index is 14.1. The first-order chi connectivity index (χ1) is 8.63. The lowest BCUT2D eigenvalue weighted by molar-refractivity contribution is 0.578. The van der Waals surface area contributed by atoms with E-state index in [0.29, 0.717) is 17.3 Å². The molecule has 0 amide bonds. The molecule has 2 rings (SSSR count). The lowest BCUT2D eigenvalue weighted by atomic mass is 10.1. The van der Waals surface area contributed by atoms with E-state index in [0.717, 1.165) is 19.4 Å². The minimum atomic E-state index is -0.281. The van der Waals surface area contributed by atoms with Crippen molar-refractivity contribution >= 4 is 11.5 Å². The number of nitrogen functional groups attached to an aromatic ring is 1. The first-order valence-electron chi connectivity index (χ1n) is 6.54. The molecule has 1 aromatic carbocycles. The van der Waals surface area contributed by atoms with Crippen LogP contribution in [0.25, 0.3) is 0 Å². The Morgan fingerprint density at radius 3 is 2.61 bits per heavy atom. The van der Waals surface area contributed by atoms with Gasteiger partial charge in [0, 0.05) is 18.2 Å². The lowest BCUT2D eigenvalue weighted by Crippen LogP contribution is -2.33. The Labute approximate surface area is 107 Å². The summed E-state index contributed by atoms with van der Waals surface area (Å²) in [7, 11) is 0. The molecular formula is C14H20FN3. The number of nitrogens with zero attached hydrogens (tertiary/aromatic N) is 1. The highest BCUT2D eigenvalue weighted by Gasteiger charge is 2.23. The van der Waals surface area contributed by atoms with Crippen LogP contribution < -0.4 is 10.6 Å². The molecule has 1 aliphatic rings. The summed E-state index contributed by atoms with van der Waals surface area (Å²) in [6.07, 6.45) is 4.74. The molecule has 0 aromatic heterocycles. The van der Waals surface area contributed by atoms with Crippen LogP contribution in [0.1, 0.15) is 38.2 Å². The molecule has 98 valence electrons. The summed E-state index contributed by atoms with van der Waals surface area (Å²) >= 11 is 0. The van der Waals surface area contributed by atoms with Crippen molar-refractivity contribution in [3.63, 3.8) is 0 Å². The lowest BCUT2D eigenvalue weighted by Gasteiger charge is -2.30. The van der Waals surface area contributed by atoms with Gasteiger partial charge in [0.05, 0.1) is 5.69 Å². The molecule has 3 N–H and O–H groups in total. The summed E-state index contributed by atoms with van der Waals surface area (Å²) in [5.41, 5.74) is 6.44. The zero-order valence-electron chi connectivity index (χ0n) is 10.7. The zero-order valence-corrected chi connectivity index (χ0v) is 10.7. The van der Waals surface area contributed by atoms with Gasteiger partial charge in [-0.15, -0.1) is 0 Å². The number of anilines is 1. The number of hydrogen-bond donors (Lipinski definition) is 2. The van der Waals surface area contributed by atoms with E-state index < -0.39 is 0 Å². The van der Waals surface area contributed by atoms with Crippen LogP contribution in [0.5, 0.6) is 0 Å². The van der Waals surface area contributed by atoms with Gasteiger partial charge in [-0.1, -0.05) is 12.8 Å². The second-order valence-corrected chi connectivity index (χ2v) is 4.80. The van der Waals surface area contributed by atoms with Crippen LogP contribution in [-0.2, 0) is 0 Å². The van der Waals surface area contributed by atoms with Gasteiger partial charge < -0.3 is 10.6 Å². The quantitative estimate of drug-likeness (QED) is 0.637. The summed E-state index contributed by atoms with van der Waals surface area (Å²) in [5, 5.41) is 7.32. The van der Waals surface area contributed by atoms with E-state index in [9.17, 15) is 4.39 Å². The van der Waals surface area contributed by atoms with Crippen molar-refractivity contribution in [2.45, 2.75) is 38.6 Å². The van der Waals surface area contributed by atoms with E-state index in [1.165, 1.54) is 18.9 Å². The number of hydrogen-bond acceptors (Lipinski definition) is 2. The summed E-state index contributed by atoms with van der Waals surface area (Å²) in [4.78, 5) is 2.13. The molecular weight excluding hydrogens is 229 g/mol. The molecule has 4 heteroatoms. The molecule has 0 unspecified atom stereocenters. The number of nitrogens with two attached hydrogens (primary N) is 1. The van der Waals surface area contributed by atoms with Gasteiger partial charge in [-0.2, -0.15) is 0 Å². The molecule has 1 aliphatic carbocycles. The van der Waals surface area contributed by atoms with Gasteiger partial charge in [0.25, 0.3) is 0 Å². The predicted octanol–water partition coefficient (Wildman–Crippen LogP) is 2.88. The van der Waals surface area contributed by atoms with Gasteiger partial charge in [0.1, 0.15) is 11.7 Å². The van der Waals surface area contributed by atoms with E-state index in [-0.39, 0.29) is 11.7 Å². The van der Waals surface area contributed by atoms with Gasteiger partial charge in [-0.05, 0) is 38.0 Å². The van der Waals surface area contributed by atoms with Gasteiger partial charge in [-0.25, -0.2) is 4.39 Å². The minimum absolute atomic E-state index is 0.0932. The van der Waals surface area contributed by atoms with Crippen molar-refractivity contribution in [3.05, 3.63) is 29.6 Å². The average Bonchev–Trinajstić information content (AvgIpc) is 2.85. The fourth-order valence-corrected chi connectivity index (χ4v) is 2.75. The van der Waals surface area contributed by atoms with Crippen LogP contribution in [-0.4, -0.2) is 18.4 Å². The summed E-state index contributed by atoms with van der Waals surface area (Å²) < 4.78 is 14.1. The molecule has 3 nitrogen and oxygen atoms in total. The van der Waals surface area contributed by atoms with Crippen LogP contribution in [0.2, 0.25) is 0 Å². The highest BCUT2D eigenvalue weighted by Crippen LogP contribution is 2.30. The molecule has 0 bridgehead atoms. The average molecular weight is 249 g/mol. The van der Waals surface area contributed by atoms with Crippen LogP contribution in [0.4, 0.5) is 10.1 Å². The second-order valence-electron chi connectivity index (χ2n) is 4.80. The number of benzene rings is 1. The van der Waals surface area contributed by atoms with E-state index >= 15 is 0 Å². The second kappa shape index (κ2) is 5.38. The topological polar surface area (TPSA) is 53.1 Å². The molecule has 0 heterocycles. The van der Waals surface area contributed by atoms with E-state index in [4.69, 9.17) is 11.1 Å². The third-order valence-corrected chi connectivity index (χ3v) is 3.67. The van der Waals surface area contributed by atoms with Gasteiger partial charge in [0.2, 0.25) is 0 Å². The summed E-state index contributed by atoms with van der Waals surface area (Å²) in [6, 6.07) is 5.27. The van der Waals surface area contributed by atoms with Gasteiger partial charge >= 0.3 is 0 Å². The Kier molecular flexibility index (Phi) is 3.84. The van der Waals surface area contributed by atoms with Gasteiger partial charge in [0.15, 0.2) is 0 Å². The Morgan fingerprint density at radius 2 is 2.11 bits per heavy atom. The Hall–Kier alpha value is -1.58. The SMILES string of the molecule is CCN(c1ccc(C(=N)N)cc1F)C1CCCC1. The van der Waals surface area contributed by atoms with Crippen LogP contribution in [0, 0.1) is 11.2 Å². The van der Waals surface area contributed by atoms with Crippen molar-refractivity contribution in [2.24, 2.45) is 5.73 Å². The summed E-state index contributed by atoms with van der Waals surface area (Å²) in [5.74, 6) is -0.374. The van der Waals surface area contributed by atoms with Crippen LogP contribution in [0.15, 0.2) is 18.2 Å². The van der Waals surface area contributed by atoms with Crippen LogP contribution >= 0.6 is 0 Å². The number of halogens is 1. The Morgan fingerprint density at radius 1 is 1.44 bits per heavy atom.